The highest BCUT2D eigenvalue weighted by Gasteiger charge is 2.22. The third-order valence-electron chi connectivity index (χ3n) is 5.47. The summed E-state index contributed by atoms with van der Waals surface area (Å²) in [5.74, 6) is -0.544. The molecule has 3 aromatic rings. The first-order valence-electron chi connectivity index (χ1n) is 12.3. The SMILES string of the molecule is CC(C)C[C@H](NC(=O)CCCOc1ccc(Cl)cc1Cl)C(=O)N/N=C\c1ccc(-c2ccccc2C(=O)O)o1. The molecule has 0 aliphatic carbocycles. The van der Waals surface area contributed by atoms with Crippen LogP contribution < -0.4 is 15.5 Å². The second kappa shape index (κ2) is 14.4. The van der Waals surface area contributed by atoms with Crippen LogP contribution >= 0.6 is 23.2 Å². The van der Waals surface area contributed by atoms with Crippen molar-refractivity contribution >= 4 is 47.2 Å². The van der Waals surface area contributed by atoms with Gasteiger partial charge < -0.3 is 19.6 Å². The van der Waals surface area contributed by atoms with E-state index in [4.69, 9.17) is 32.4 Å². The molecule has 0 saturated heterocycles. The zero-order valence-corrected chi connectivity index (χ0v) is 23.0. The molecule has 39 heavy (non-hydrogen) atoms. The van der Waals surface area contributed by atoms with Gasteiger partial charge in [0.2, 0.25) is 5.91 Å². The number of carboxylic acids is 1. The minimum Gasteiger partial charge on any atom is -0.492 e. The zero-order valence-electron chi connectivity index (χ0n) is 21.4. The topological polar surface area (TPSA) is 130 Å². The predicted octanol–water partition coefficient (Wildman–Crippen LogP) is 5.79. The van der Waals surface area contributed by atoms with Crippen LogP contribution in [0, 0.1) is 5.92 Å². The minimum absolute atomic E-state index is 0.108. The number of carbonyl (C=O) groups excluding carboxylic acids is 2. The Morgan fingerprint density at radius 2 is 1.87 bits per heavy atom. The molecule has 9 nitrogen and oxygen atoms in total. The van der Waals surface area contributed by atoms with Crippen molar-refractivity contribution in [1.82, 2.24) is 10.7 Å². The van der Waals surface area contributed by atoms with Crippen molar-refractivity contribution in [3.8, 4) is 17.1 Å². The van der Waals surface area contributed by atoms with E-state index in [1.807, 2.05) is 13.8 Å². The molecule has 0 fully saturated rings. The quantitative estimate of drug-likeness (QED) is 0.135. The fourth-order valence-electron chi connectivity index (χ4n) is 3.67. The maximum absolute atomic E-state index is 12.7. The van der Waals surface area contributed by atoms with Crippen LogP contribution in [-0.4, -0.2) is 41.8 Å². The van der Waals surface area contributed by atoms with Gasteiger partial charge in [0.1, 0.15) is 23.3 Å². The lowest BCUT2D eigenvalue weighted by Crippen LogP contribution is -2.46. The molecule has 0 bridgehead atoms. The number of nitrogens with one attached hydrogen (secondary N) is 2. The number of rotatable bonds is 13. The molecule has 0 aliphatic heterocycles. The fraction of sp³-hybridized carbons (Fsp3) is 0.286. The highest BCUT2D eigenvalue weighted by atomic mass is 35.5. The van der Waals surface area contributed by atoms with Crippen LogP contribution in [0.15, 0.2) is 64.1 Å². The normalized spacial score (nSPS) is 11.9. The number of halogens is 2. The smallest absolute Gasteiger partial charge is 0.336 e. The van der Waals surface area contributed by atoms with Crippen molar-refractivity contribution in [3.05, 3.63) is 76.0 Å². The number of furan rings is 1. The summed E-state index contributed by atoms with van der Waals surface area (Å²) < 4.78 is 11.3. The van der Waals surface area contributed by atoms with Gasteiger partial charge in [-0.2, -0.15) is 5.10 Å². The van der Waals surface area contributed by atoms with Gasteiger partial charge in [-0.1, -0.05) is 55.2 Å². The van der Waals surface area contributed by atoms with E-state index in [1.165, 1.54) is 12.3 Å². The van der Waals surface area contributed by atoms with Gasteiger partial charge in [0, 0.05) is 17.0 Å². The lowest BCUT2D eigenvalue weighted by Gasteiger charge is -2.19. The van der Waals surface area contributed by atoms with Crippen LogP contribution in [0.5, 0.6) is 5.75 Å². The average Bonchev–Trinajstić information content (AvgIpc) is 3.35. The van der Waals surface area contributed by atoms with Crippen LogP contribution in [-0.2, 0) is 9.59 Å². The number of carbonyl (C=O) groups is 3. The summed E-state index contributed by atoms with van der Waals surface area (Å²) in [5.41, 5.74) is 2.97. The third-order valence-corrected chi connectivity index (χ3v) is 6.01. The Morgan fingerprint density at radius 3 is 2.59 bits per heavy atom. The number of amides is 2. The fourth-order valence-corrected chi connectivity index (χ4v) is 4.13. The van der Waals surface area contributed by atoms with Crippen molar-refractivity contribution in [2.45, 2.75) is 39.2 Å². The van der Waals surface area contributed by atoms with Crippen LogP contribution in [0.4, 0.5) is 0 Å². The maximum atomic E-state index is 12.7. The number of nitrogens with zero attached hydrogens (tertiary/aromatic N) is 1. The molecule has 0 saturated carbocycles. The highest BCUT2D eigenvalue weighted by Crippen LogP contribution is 2.28. The van der Waals surface area contributed by atoms with Gasteiger partial charge in [0.05, 0.1) is 23.4 Å². The van der Waals surface area contributed by atoms with E-state index in [-0.39, 0.29) is 30.4 Å². The molecule has 206 valence electrons. The van der Waals surface area contributed by atoms with Crippen molar-refractivity contribution < 1.29 is 28.6 Å². The Kier molecular flexibility index (Phi) is 11.0. The Labute approximate surface area is 236 Å². The first-order valence-corrected chi connectivity index (χ1v) is 13.0. The van der Waals surface area contributed by atoms with Crippen LogP contribution in [0.3, 0.4) is 0 Å². The zero-order chi connectivity index (χ0) is 28.4. The number of carboxylic acid groups (broad SMARTS) is 1. The molecule has 3 rings (SSSR count). The van der Waals surface area contributed by atoms with Crippen LogP contribution in [0.1, 0.15) is 49.2 Å². The first-order chi connectivity index (χ1) is 18.6. The maximum Gasteiger partial charge on any atom is 0.336 e. The Morgan fingerprint density at radius 1 is 1.10 bits per heavy atom. The summed E-state index contributed by atoms with van der Waals surface area (Å²) in [5, 5.41) is 17.0. The number of benzene rings is 2. The Hall–Kier alpha value is -3.82. The highest BCUT2D eigenvalue weighted by molar-refractivity contribution is 6.35. The van der Waals surface area contributed by atoms with Gasteiger partial charge in [0.15, 0.2) is 0 Å². The Bertz CT molecular complexity index is 1340. The molecule has 0 aliphatic rings. The van der Waals surface area contributed by atoms with Gasteiger partial charge in [0.25, 0.3) is 5.91 Å². The largest absolute Gasteiger partial charge is 0.492 e. The molecule has 0 unspecified atom stereocenters. The second-order valence-corrected chi connectivity index (χ2v) is 9.91. The molecule has 1 aromatic heterocycles. The molecule has 0 spiro atoms. The lowest BCUT2D eigenvalue weighted by atomic mass is 10.0. The molecule has 1 heterocycles. The third kappa shape index (κ3) is 9.15. The summed E-state index contributed by atoms with van der Waals surface area (Å²) in [6, 6.07) is 13.8. The van der Waals surface area contributed by atoms with Crippen molar-refractivity contribution in [1.29, 1.82) is 0 Å². The van der Waals surface area contributed by atoms with Gasteiger partial charge in [-0.25, -0.2) is 10.2 Å². The summed E-state index contributed by atoms with van der Waals surface area (Å²) in [6.45, 7) is 4.15. The van der Waals surface area contributed by atoms with Crippen molar-refractivity contribution in [3.63, 3.8) is 0 Å². The summed E-state index contributed by atoms with van der Waals surface area (Å²) in [6.07, 6.45) is 2.30. The standard InChI is InChI=1S/C28H29Cl2N3O6/c1-17(2)14-23(32-26(34)8-5-13-38-25-11-9-18(29)15-22(25)30)27(35)33-31-16-19-10-12-24(39-19)20-6-3-4-7-21(20)28(36)37/h3-4,6-7,9-12,15-17,23H,5,8,13-14H2,1-2H3,(H,32,34)(H,33,35)(H,36,37)/b31-16-/t23-/m0/s1. The number of aromatic carboxylic acids is 1. The van der Waals surface area contributed by atoms with Crippen molar-refractivity contribution in [2.24, 2.45) is 11.0 Å². The molecule has 2 amide bonds. The van der Waals surface area contributed by atoms with Gasteiger partial charge >= 0.3 is 5.97 Å². The second-order valence-electron chi connectivity index (χ2n) is 9.06. The molecule has 0 radical (unpaired) electrons. The molecular formula is C28H29Cl2N3O6. The van der Waals surface area contributed by atoms with E-state index in [0.29, 0.717) is 45.7 Å². The van der Waals surface area contributed by atoms with Gasteiger partial charge in [-0.15, -0.1) is 0 Å². The van der Waals surface area contributed by atoms with E-state index in [0.717, 1.165) is 0 Å². The van der Waals surface area contributed by atoms with Gasteiger partial charge in [-0.3, -0.25) is 9.59 Å². The molecule has 11 heteroatoms. The number of hydrazone groups is 1. The van der Waals surface area contributed by atoms with E-state index < -0.39 is 17.9 Å². The van der Waals surface area contributed by atoms with E-state index in [9.17, 15) is 19.5 Å². The molecule has 2 aromatic carbocycles. The van der Waals surface area contributed by atoms with Gasteiger partial charge in [-0.05, 0) is 55.2 Å². The molecule has 1 atom stereocenters. The Balaban J connectivity index is 1.51. The van der Waals surface area contributed by atoms with Crippen LogP contribution in [0.2, 0.25) is 10.0 Å². The predicted molar refractivity (Wildman–Crippen MR) is 149 cm³/mol. The number of hydrogen-bond acceptors (Lipinski definition) is 6. The molecular weight excluding hydrogens is 545 g/mol. The van der Waals surface area contributed by atoms with Crippen LogP contribution in [0.25, 0.3) is 11.3 Å². The first kappa shape index (κ1) is 29.7. The minimum atomic E-state index is -1.07. The summed E-state index contributed by atoms with van der Waals surface area (Å²) in [4.78, 5) is 36.7. The lowest BCUT2D eigenvalue weighted by molar-refractivity contribution is -0.129. The monoisotopic (exact) mass is 573 g/mol. The van der Waals surface area contributed by atoms with E-state index >= 15 is 0 Å². The average molecular weight is 574 g/mol. The number of ether oxygens (including phenoxy) is 1. The van der Waals surface area contributed by atoms with E-state index in [1.54, 1.807) is 48.5 Å². The summed E-state index contributed by atoms with van der Waals surface area (Å²) >= 11 is 12.0. The summed E-state index contributed by atoms with van der Waals surface area (Å²) in [7, 11) is 0. The molecule has 3 N–H and O–H groups in total. The number of hydrogen-bond donors (Lipinski definition) is 3. The van der Waals surface area contributed by atoms with Crippen molar-refractivity contribution in [2.75, 3.05) is 6.61 Å². The van der Waals surface area contributed by atoms with E-state index in [2.05, 4.69) is 15.8 Å².